The average molecular weight is 561 g/mol. The first-order chi connectivity index (χ1) is 20.8. The fourth-order valence-corrected chi connectivity index (χ4v) is 5.30. The van der Waals surface area contributed by atoms with Gasteiger partial charge in [0.05, 0.1) is 19.6 Å². The second-order valence-corrected chi connectivity index (χ2v) is 9.99. The van der Waals surface area contributed by atoms with Crippen LogP contribution in [0.15, 0.2) is 73.8 Å². The van der Waals surface area contributed by atoms with Gasteiger partial charge in [-0.1, -0.05) is 24.3 Å². The van der Waals surface area contributed by atoms with Crippen LogP contribution in [0.5, 0.6) is 0 Å². The van der Waals surface area contributed by atoms with Gasteiger partial charge in [-0.25, -0.2) is 19.9 Å². The number of aromatic nitrogens is 6. The molecule has 2 aromatic carbocycles. The van der Waals surface area contributed by atoms with Gasteiger partial charge in [0.2, 0.25) is 17.4 Å². The minimum absolute atomic E-state index is 0.0733. The zero-order valence-electron chi connectivity index (χ0n) is 21.8. The van der Waals surface area contributed by atoms with Crippen molar-refractivity contribution in [3.05, 3.63) is 88.7 Å². The average Bonchev–Trinajstić information content (AvgIpc) is 3.81. The predicted molar refractivity (Wildman–Crippen MR) is 146 cm³/mol. The number of anilines is 1. The number of benzene rings is 2. The zero-order valence-corrected chi connectivity index (χ0v) is 21.8. The van der Waals surface area contributed by atoms with E-state index in [2.05, 4.69) is 40.7 Å². The number of fused-ring (bicyclic) bond motifs is 2. The van der Waals surface area contributed by atoms with E-state index in [0.29, 0.717) is 58.3 Å². The molecule has 0 saturated carbocycles. The molecule has 0 aliphatic carbocycles. The molecule has 0 spiro atoms. The first-order valence-electron chi connectivity index (χ1n) is 13.3. The van der Waals surface area contributed by atoms with Gasteiger partial charge in [-0.2, -0.15) is 0 Å². The smallest absolute Gasteiger partial charge is 0.268 e. The van der Waals surface area contributed by atoms with Gasteiger partial charge in [0.25, 0.3) is 11.3 Å². The van der Waals surface area contributed by atoms with E-state index in [1.54, 1.807) is 12.7 Å². The number of rotatable bonds is 0. The van der Waals surface area contributed by atoms with E-state index in [0.717, 1.165) is 28.2 Å². The molecule has 0 unspecified atom stereocenters. The van der Waals surface area contributed by atoms with Crippen molar-refractivity contribution >= 4 is 40.1 Å². The first-order valence-corrected chi connectivity index (χ1v) is 13.3. The van der Waals surface area contributed by atoms with Gasteiger partial charge in [0.1, 0.15) is 30.8 Å². The summed E-state index contributed by atoms with van der Waals surface area (Å²) >= 11 is 0. The Bertz CT molecular complexity index is 2150. The Balaban J connectivity index is 1.12. The van der Waals surface area contributed by atoms with Crippen LogP contribution in [0.3, 0.4) is 0 Å². The van der Waals surface area contributed by atoms with Crippen molar-refractivity contribution in [3.63, 3.8) is 0 Å². The maximum Gasteiger partial charge on any atom is 0.268 e. The van der Waals surface area contributed by atoms with Crippen molar-refractivity contribution in [2.45, 2.75) is 32.6 Å². The van der Waals surface area contributed by atoms with Crippen LogP contribution in [0.2, 0.25) is 0 Å². The van der Waals surface area contributed by atoms with Crippen molar-refractivity contribution in [1.29, 1.82) is 0 Å². The van der Waals surface area contributed by atoms with Crippen LogP contribution in [-0.2, 0) is 35.9 Å². The van der Waals surface area contributed by atoms with Crippen molar-refractivity contribution in [3.8, 4) is 5.69 Å². The highest BCUT2D eigenvalue weighted by atomic mass is 16.5. The number of nitrogens with zero attached hydrogens (tertiary/aromatic N) is 9. The molecule has 42 heavy (non-hydrogen) atoms. The van der Waals surface area contributed by atoms with E-state index in [1.165, 1.54) is 0 Å². The largest absolute Gasteiger partial charge is 0.418 e. The number of hydrogen-bond acceptors (Lipinski definition) is 13. The van der Waals surface area contributed by atoms with E-state index in [1.807, 2.05) is 58.0 Å². The summed E-state index contributed by atoms with van der Waals surface area (Å²) in [6, 6.07) is 16.2. The fourth-order valence-electron chi connectivity index (χ4n) is 5.30. The molecule has 1 atom stereocenters. The molecule has 0 fully saturated rings. The molecule has 5 aliphatic heterocycles. The van der Waals surface area contributed by atoms with Crippen LogP contribution in [0.1, 0.15) is 22.9 Å². The van der Waals surface area contributed by atoms with Gasteiger partial charge in [0.15, 0.2) is 17.0 Å². The van der Waals surface area contributed by atoms with Gasteiger partial charge >= 0.3 is 0 Å². The molecule has 14 nitrogen and oxygen atoms in total. The molecule has 0 amide bonds. The lowest BCUT2D eigenvalue weighted by Gasteiger charge is -2.20. The third kappa shape index (κ3) is 3.69. The monoisotopic (exact) mass is 560 g/mol. The summed E-state index contributed by atoms with van der Waals surface area (Å²) in [6.07, 6.45) is 3.10. The van der Waals surface area contributed by atoms with E-state index in [4.69, 9.17) is 18.3 Å². The summed E-state index contributed by atoms with van der Waals surface area (Å²) in [5.74, 6) is 0.713. The van der Waals surface area contributed by atoms with Crippen LogP contribution in [0, 0.1) is 0 Å². The van der Waals surface area contributed by atoms with Gasteiger partial charge < -0.3 is 18.3 Å². The van der Waals surface area contributed by atoms with E-state index in [-0.39, 0.29) is 19.4 Å². The Morgan fingerprint density at radius 3 is 2.33 bits per heavy atom. The van der Waals surface area contributed by atoms with Crippen LogP contribution in [0.4, 0.5) is 5.69 Å². The van der Waals surface area contributed by atoms with Crippen LogP contribution in [-0.4, -0.2) is 42.2 Å². The Labute approximate surface area is 235 Å². The van der Waals surface area contributed by atoms with Crippen molar-refractivity contribution in [1.82, 2.24) is 35.1 Å². The molecule has 5 aliphatic rings. The number of ether oxygens (including phenoxy) is 2. The molecule has 14 heteroatoms. The van der Waals surface area contributed by atoms with Crippen LogP contribution >= 0.6 is 0 Å². The van der Waals surface area contributed by atoms with Crippen molar-refractivity contribution < 1.29 is 18.3 Å². The zero-order chi connectivity index (χ0) is 27.6. The third-order valence-electron chi connectivity index (χ3n) is 7.31. The summed E-state index contributed by atoms with van der Waals surface area (Å²) in [6.45, 7) is 1.10. The summed E-state index contributed by atoms with van der Waals surface area (Å²) in [7, 11) is 0. The number of oxazole rings is 2. The summed E-state index contributed by atoms with van der Waals surface area (Å²) in [4.78, 5) is 20.3. The standard InChI is InChI=1S/C28H20N10O4/c1-5-17-6-2-15(1)9-39-10-16-3-7-18(8-4-16)38-14-30-26-24(38)22-28(36-34-26)42-20(32-22)12-40-11-19-31-21-23-25(29-13-37(17)23)33-35-27(21)41-19/h1-8,13-14,25,33H,9-12H2/t25-/m1/s1. The maximum atomic E-state index is 6.02. The quantitative estimate of drug-likeness (QED) is 0.289. The highest BCUT2D eigenvalue weighted by Crippen LogP contribution is 2.27. The maximum absolute atomic E-state index is 6.02. The van der Waals surface area contributed by atoms with Crippen LogP contribution < -0.4 is 21.2 Å². The van der Waals surface area contributed by atoms with Gasteiger partial charge in [-0.05, 0) is 35.4 Å². The lowest BCUT2D eigenvalue weighted by Crippen LogP contribution is -2.44. The van der Waals surface area contributed by atoms with Crippen molar-refractivity contribution in [2.24, 2.45) is 10.1 Å². The van der Waals surface area contributed by atoms with E-state index >= 15 is 0 Å². The molecule has 0 saturated heterocycles. The fraction of sp³-hybridized carbons (Fsp3) is 0.179. The third-order valence-corrected chi connectivity index (χ3v) is 7.31. The topological polar surface area (TPSA) is 154 Å². The lowest BCUT2D eigenvalue weighted by molar-refractivity contribution is 0.0740. The summed E-state index contributed by atoms with van der Waals surface area (Å²) < 4.78 is 25.6. The minimum atomic E-state index is -0.365. The molecule has 9 heterocycles. The lowest BCUT2D eigenvalue weighted by atomic mass is 10.2. The number of hydrogen-bond donors (Lipinski definition) is 1. The number of imidazole rings is 1. The Morgan fingerprint density at radius 2 is 1.52 bits per heavy atom. The number of nitrogens with one attached hydrogen (secondary N) is 1. The highest BCUT2D eigenvalue weighted by molar-refractivity contribution is 5.97. The van der Waals surface area contributed by atoms with Crippen LogP contribution in [0.25, 0.3) is 33.8 Å². The molecular weight excluding hydrogens is 540 g/mol. The van der Waals surface area contributed by atoms with Crippen molar-refractivity contribution in [2.75, 3.05) is 4.90 Å². The predicted octanol–water partition coefficient (Wildman–Crippen LogP) is 1.81. The summed E-state index contributed by atoms with van der Waals surface area (Å²) in [5, 5.41) is 13.3. The molecule has 6 aromatic rings. The molecule has 206 valence electrons. The molecule has 4 aromatic heterocycles. The van der Waals surface area contributed by atoms with Gasteiger partial charge in [-0.15, -0.1) is 15.3 Å². The summed E-state index contributed by atoms with van der Waals surface area (Å²) in [5.41, 5.74) is 10.2. The minimum Gasteiger partial charge on any atom is -0.418 e. The highest BCUT2D eigenvalue weighted by Gasteiger charge is 2.31. The van der Waals surface area contributed by atoms with Gasteiger partial charge in [-0.3, -0.25) is 14.9 Å². The Hall–Kier alpha value is -5.47. The molecular formula is C28H20N10O4. The second-order valence-electron chi connectivity index (χ2n) is 9.99. The molecule has 8 bridgehead atoms. The Kier molecular flexibility index (Phi) is 4.99. The SMILES string of the molecule is C1=N[C@@H]2NN=c3oc4nc3=C2N1c1ccc(cc1)COCc1ccc(cc1)-n1cnc2nnc3oc(nc3c21)COC4. The first kappa shape index (κ1) is 23.3. The number of aliphatic imine (C=N–C) groups is 1. The normalized spacial score (nSPS) is 17.9. The van der Waals surface area contributed by atoms with E-state index < -0.39 is 0 Å². The molecule has 11 rings (SSSR count). The second kappa shape index (κ2) is 9.02. The molecule has 1 N–H and O–H groups in total. The van der Waals surface area contributed by atoms with Gasteiger partial charge in [0, 0.05) is 11.4 Å². The molecule has 0 radical (unpaired) electrons. The Morgan fingerprint density at radius 1 is 0.786 bits per heavy atom. The van der Waals surface area contributed by atoms with E-state index in [9.17, 15) is 0 Å².